The van der Waals surface area contributed by atoms with Gasteiger partial charge in [-0.3, -0.25) is 4.98 Å². The van der Waals surface area contributed by atoms with Crippen LogP contribution in [-0.4, -0.2) is 4.98 Å². The minimum absolute atomic E-state index is 1.13. The topological polar surface area (TPSA) is 12.9 Å². The van der Waals surface area contributed by atoms with Crippen LogP contribution in [0.1, 0.15) is 5.01 Å². The molecule has 0 amide bonds. The molecule has 0 aliphatic heterocycles. The van der Waals surface area contributed by atoms with Gasteiger partial charge in [-0.05, 0) is 6.92 Å². The summed E-state index contributed by atoms with van der Waals surface area (Å²) in [5.41, 5.74) is 0. The zero-order chi connectivity index (χ0) is 12.9. The fraction of sp³-hybridized carbons (Fsp3) is 0.0625. The van der Waals surface area contributed by atoms with Gasteiger partial charge in [0.2, 0.25) is 0 Å². The van der Waals surface area contributed by atoms with E-state index in [1.807, 2.05) is 85.1 Å². The third kappa shape index (κ3) is 8.25. The van der Waals surface area contributed by atoms with Gasteiger partial charge < -0.3 is 0 Å². The van der Waals surface area contributed by atoms with Gasteiger partial charge in [0.15, 0.2) is 0 Å². The number of thiazole rings is 1. The Morgan fingerprint density at radius 1 is 0.667 bits per heavy atom. The maximum atomic E-state index is 3.94. The van der Waals surface area contributed by atoms with Crippen molar-refractivity contribution in [2.45, 2.75) is 6.92 Å². The standard InChI is InChI=1S/2C6H6.C4H5NS/c2*1-2-4-6-5-3-1;1-4-5-2-3-6-4/h2*1-6H;2-3H,1H3. The molecule has 0 saturated carbocycles. The van der Waals surface area contributed by atoms with E-state index in [1.165, 1.54) is 0 Å². The van der Waals surface area contributed by atoms with Gasteiger partial charge in [-0.1, -0.05) is 72.8 Å². The highest BCUT2D eigenvalue weighted by Crippen LogP contribution is 1.98. The molecular weight excluding hydrogens is 238 g/mol. The molecule has 0 saturated heterocycles. The number of aryl methyl sites for hydroxylation is 1. The summed E-state index contributed by atoms with van der Waals surface area (Å²) in [5.74, 6) is 0. The molecule has 3 rings (SSSR count). The summed E-state index contributed by atoms with van der Waals surface area (Å²) < 4.78 is 0. The Kier molecular flexibility index (Phi) is 8.04. The number of nitrogens with zero attached hydrogens (tertiary/aromatic N) is 1. The second-order valence-electron chi connectivity index (χ2n) is 3.36. The van der Waals surface area contributed by atoms with E-state index in [4.69, 9.17) is 0 Å². The van der Waals surface area contributed by atoms with Crippen LogP contribution in [0.25, 0.3) is 0 Å². The minimum atomic E-state index is 1.13. The third-order valence-electron chi connectivity index (χ3n) is 1.89. The molecule has 2 heteroatoms. The highest BCUT2D eigenvalue weighted by molar-refractivity contribution is 7.09. The molecule has 2 aromatic carbocycles. The first-order chi connectivity index (χ1) is 8.89. The number of aromatic nitrogens is 1. The zero-order valence-corrected chi connectivity index (χ0v) is 11.3. The maximum absolute atomic E-state index is 3.94. The average molecular weight is 255 g/mol. The highest BCUT2D eigenvalue weighted by atomic mass is 32.1. The van der Waals surface area contributed by atoms with Crippen LogP contribution in [0.5, 0.6) is 0 Å². The Morgan fingerprint density at radius 2 is 1.00 bits per heavy atom. The summed E-state index contributed by atoms with van der Waals surface area (Å²) >= 11 is 1.67. The van der Waals surface area contributed by atoms with Gasteiger partial charge in [-0.15, -0.1) is 11.3 Å². The van der Waals surface area contributed by atoms with Gasteiger partial charge >= 0.3 is 0 Å². The lowest BCUT2D eigenvalue weighted by atomic mass is 10.4. The van der Waals surface area contributed by atoms with Gasteiger partial charge in [-0.25, -0.2) is 0 Å². The van der Waals surface area contributed by atoms with Crippen LogP contribution in [0.15, 0.2) is 84.4 Å². The number of rotatable bonds is 0. The number of hydrogen-bond donors (Lipinski definition) is 0. The van der Waals surface area contributed by atoms with Crippen LogP contribution < -0.4 is 0 Å². The van der Waals surface area contributed by atoms with Gasteiger partial charge in [0.05, 0.1) is 5.01 Å². The molecule has 1 nitrogen and oxygen atoms in total. The molecule has 0 spiro atoms. The van der Waals surface area contributed by atoms with Crippen LogP contribution in [0.3, 0.4) is 0 Å². The Labute approximate surface area is 113 Å². The lowest BCUT2D eigenvalue weighted by Gasteiger charge is -1.69. The summed E-state index contributed by atoms with van der Waals surface area (Å²) in [6.45, 7) is 1.99. The monoisotopic (exact) mass is 255 g/mol. The van der Waals surface area contributed by atoms with Gasteiger partial charge in [-0.2, -0.15) is 0 Å². The van der Waals surface area contributed by atoms with Crippen LogP contribution in [-0.2, 0) is 0 Å². The molecule has 1 heterocycles. The van der Waals surface area contributed by atoms with Gasteiger partial charge in [0.25, 0.3) is 0 Å². The van der Waals surface area contributed by atoms with Crippen molar-refractivity contribution in [2.75, 3.05) is 0 Å². The Hall–Kier alpha value is -1.93. The van der Waals surface area contributed by atoms with Crippen LogP contribution >= 0.6 is 11.3 Å². The first-order valence-corrected chi connectivity index (χ1v) is 6.63. The van der Waals surface area contributed by atoms with E-state index in [0.717, 1.165) is 5.01 Å². The third-order valence-corrected chi connectivity index (χ3v) is 2.59. The van der Waals surface area contributed by atoms with Gasteiger partial charge in [0.1, 0.15) is 0 Å². The van der Waals surface area contributed by atoms with E-state index in [1.54, 1.807) is 17.5 Å². The van der Waals surface area contributed by atoms with Crippen molar-refractivity contribution < 1.29 is 0 Å². The van der Waals surface area contributed by atoms with E-state index in [0.29, 0.717) is 0 Å². The Balaban J connectivity index is 0.000000135. The zero-order valence-electron chi connectivity index (χ0n) is 10.4. The van der Waals surface area contributed by atoms with Crippen molar-refractivity contribution in [3.05, 3.63) is 89.4 Å². The second kappa shape index (κ2) is 10.2. The summed E-state index contributed by atoms with van der Waals surface area (Å²) in [5, 5.41) is 3.10. The molecule has 0 aliphatic rings. The molecule has 0 radical (unpaired) electrons. The van der Waals surface area contributed by atoms with E-state index < -0.39 is 0 Å². The quantitative estimate of drug-likeness (QED) is 0.561. The van der Waals surface area contributed by atoms with Crippen LogP contribution in [0.2, 0.25) is 0 Å². The molecule has 3 aromatic rings. The molecule has 18 heavy (non-hydrogen) atoms. The maximum Gasteiger partial charge on any atom is 0.0893 e. The SMILES string of the molecule is Cc1nccs1.c1ccccc1.c1ccccc1. The largest absolute Gasteiger partial charge is 0.250 e. The molecule has 92 valence electrons. The van der Waals surface area contributed by atoms with Crippen LogP contribution in [0, 0.1) is 6.92 Å². The first kappa shape index (κ1) is 14.1. The van der Waals surface area contributed by atoms with Crippen LogP contribution in [0.4, 0.5) is 0 Å². The molecule has 0 unspecified atom stereocenters. The lowest BCUT2D eigenvalue weighted by Crippen LogP contribution is -1.56. The minimum Gasteiger partial charge on any atom is -0.250 e. The van der Waals surface area contributed by atoms with Crippen molar-refractivity contribution in [3.8, 4) is 0 Å². The van der Waals surface area contributed by atoms with E-state index >= 15 is 0 Å². The van der Waals surface area contributed by atoms with E-state index in [9.17, 15) is 0 Å². The summed E-state index contributed by atoms with van der Waals surface area (Å²) in [4.78, 5) is 3.94. The fourth-order valence-electron chi connectivity index (χ4n) is 1.06. The summed E-state index contributed by atoms with van der Waals surface area (Å²) in [7, 11) is 0. The Bertz CT molecular complexity index is 378. The summed E-state index contributed by atoms with van der Waals surface area (Å²) in [6.07, 6.45) is 1.81. The van der Waals surface area contributed by atoms with Crippen molar-refractivity contribution in [1.29, 1.82) is 0 Å². The van der Waals surface area contributed by atoms with Crippen molar-refractivity contribution in [2.24, 2.45) is 0 Å². The molecule has 0 fully saturated rings. The molecule has 0 atom stereocenters. The van der Waals surface area contributed by atoms with Gasteiger partial charge in [0, 0.05) is 11.6 Å². The normalized spacial score (nSPS) is 8.28. The number of benzene rings is 2. The first-order valence-electron chi connectivity index (χ1n) is 5.75. The van der Waals surface area contributed by atoms with E-state index in [2.05, 4.69) is 4.98 Å². The molecular formula is C16H17NS. The number of hydrogen-bond acceptors (Lipinski definition) is 2. The van der Waals surface area contributed by atoms with Crippen molar-refractivity contribution in [1.82, 2.24) is 4.98 Å². The predicted molar refractivity (Wildman–Crippen MR) is 79.7 cm³/mol. The second-order valence-corrected chi connectivity index (χ2v) is 4.46. The highest BCUT2D eigenvalue weighted by Gasteiger charge is 1.76. The summed E-state index contributed by atoms with van der Waals surface area (Å²) in [6, 6.07) is 24.0. The predicted octanol–water partition coefficient (Wildman–Crippen LogP) is 4.82. The van der Waals surface area contributed by atoms with Crippen molar-refractivity contribution in [3.63, 3.8) is 0 Å². The lowest BCUT2D eigenvalue weighted by molar-refractivity contribution is 1.30. The Morgan fingerprint density at radius 3 is 1.11 bits per heavy atom. The smallest absolute Gasteiger partial charge is 0.0893 e. The molecule has 0 aliphatic carbocycles. The molecule has 0 N–H and O–H groups in total. The average Bonchev–Trinajstić information content (AvgIpc) is 2.95. The van der Waals surface area contributed by atoms with E-state index in [-0.39, 0.29) is 0 Å². The molecule has 1 aromatic heterocycles. The van der Waals surface area contributed by atoms with Crippen molar-refractivity contribution >= 4 is 11.3 Å². The molecule has 0 bridgehead atoms. The fourth-order valence-corrected chi connectivity index (χ4v) is 1.50.